The predicted molar refractivity (Wildman–Crippen MR) is 161 cm³/mol. The quantitative estimate of drug-likeness (QED) is 0.257. The van der Waals surface area contributed by atoms with E-state index in [1.807, 2.05) is 0 Å². The average molecular weight is 577 g/mol. The van der Waals surface area contributed by atoms with Crippen molar-refractivity contribution in [1.82, 2.24) is 0 Å². The Morgan fingerprint density at radius 2 is 1.71 bits per heavy atom. The summed E-state index contributed by atoms with van der Waals surface area (Å²) in [5.41, 5.74) is 2.19. The molecule has 6 nitrogen and oxygen atoms in total. The number of rotatable bonds is 9. The van der Waals surface area contributed by atoms with E-state index in [2.05, 4.69) is 47.6 Å². The van der Waals surface area contributed by atoms with Crippen LogP contribution >= 0.6 is 0 Å². The molecule has 5 aliphatic rings. The van der Waals surface area contributed by atoms with Crippen molar-refractivity contribution in [2.45, 2.75) is 149 Å². The van der Waals surface area contributed by atoms with Crippen LogP contribution in [-0.2, 0) is 9.47 Å². The van der Waals surface area contributed by atoms with Gasteiger partial charge in [-0.15, -0.1) is 0 Å². The van der Waals surface area contributed by atoms with Crippen molar-refractivity contribution in [3.63, 3.8) is 0 Å². The monoisotopic (exact) mass is 576 g/mol. The number of fused-ring (bicyclic) bond motifs is 5. The molecule has 0 amide bonds. The van der Waals surface area contributed by atoms with Crippen LogP contribution in [-0.4, -0.2) is 63.8 Å². The fourth-order valence-electron chi connectivity index (χ4n) is 10.8. The maximum atomic E-state index is 10.5. The highest BCUT2D eigenvalue weighted by atomic mass is 16.7. The number of hydrogen-bond acceptors (Lipinski definition) is 6. The molecule has 0 aromatic carbocycles. The van der Waals surface area contributed by atoms with Crippen molar-refractivity contribution >= 4 is 0 Å². The summed E-state index contributed by atoms with van der Waals surface area (Å²) in [5.74, 6) is 5.66. The van der Waals surface area contributed by atoms with Gasteiger partial charge in [0.15, 0.2) is 6.29 Å². The van der Waals surface area contributed by atoms with E-state index in [4.69, 9.17) is 9.47 Å². The fourth-order valence-corrected chi connectivity index (χ4v) is 10.8. The minimum absolute atomic E-state index is 0.101. The topological polar surface area (TPSA) is 99.4 Å². The van der Waals surface area contributed by atoms with Crippen molar-refractivity contribution < 1.29 is 29.9 Å². The molecule has 41 heavy (non-hydrogen) atoms. The van der Waals surface area contributed by atoms with Gasteiger partial charge in [-0.05, 0) is 110 Å². The first-order chi connectivity index (χ1) is 19.4. The predicted octanol–water partition coefficient (Wildman–Crippen LogP) is 5.85. The molecule has 14 atom stereocenters. The van der Waals surface area contributed by atoms with Gasteiger partial charge in [-0.2, -0.15) is 0 Å². The second-order valence-corrected chi connectivity index (χ2v) is 15.7. The first kappa shape index (κ1) is 31.9. The van der Waals surface area contributed by atoms with Crippen molar-refractivity contribution in [3.8, 4) is 0 Å². The highest BCUT2D eigenvalue weighted by molar-refractivity contribution is 5.25. The molecule has 4 N–H and O–H groups in total. The number of allylic oxidation sites excluding steroid dienone is 1. The average Bonchev–Trinajstić information content (AvgIpc) is 3.30. The van der Waals surface area contributed by atoms with Gasteiger partial charge in [0.1, 0.15) is 24.4 Å². The zero-order valence-electron chi connectivity index (χ0n) is 26.7. The Kier molecular flexibility index (Phi) is 9.71. The summed E-state index contributed by atoms with van der Waals surface area (Å²) in [4.78, 5) is 0. The molecule has 5 rings (SSSR count). The molecule has 236 valence electrons. The number of aliphatic hydroxyl groups excluding tert-OH is 4. The third-order valence-electron chi connectivity index (χ3n) is 13.5. The number of aliphatic hydroxyl groups is 4. The minimum atomic E-state index is -1.40. The SMILES string of the molecule is CC[C@H](CC[C@@H](C)[C@H]1CCC2C3CC=C4CC(OC5O[C@H](CO)[C@@H](O)[C@H](O)[C@H]5O)CC[C@]4(C)C3CC[C@@]21C)C(C)C. The van der Waals surface area contributed by atoms with Crippen LogP contribution in [0.5, 0.6) is 0 Å². The van der Waals surface area contributed by atoms with E-state index in [1.165, 1.54) is 56.9 Å². The highest BCUT2D eigenvalue weighted by Gasteiger charge is 2.59. The summed E-state index contributed by atoms with van der Waals surface area (Å²) in [5, 5.41) is 40.4. The Balaban J connectivity index is 1.24. The zero-order chi connectivity index (χ0) is 29.7. The summed E-state index contributed by atoms with van der Waals surface area (Å²) < 4.78 is 11.9. The third kappa shape index (κ3) is 5.73. The number of ether oxygens (including phenoxy) is 2. The smallest absolute Gasteiger partial charge is 0.186 e. The third-order valence-corrected chi connectivity index (χ3v) is 13.5. The molecule has 5 unspecified atom stereocenters. The lowest BCUT2D eigenvalue weighted by Crippen LogP contribution is -2.60. The summed E-state index contributed by atoms with van der Waals surface area (Å²) in [6, 6.07) is 0. The molecule has 0 radical (unpaired) electrons. The molecule has 0 aromatic rings. The van der Waals surface area contributed by atoms with Gasteiger partial charge in [-0.1, -0.05) is 66.0 Å². The molecule has 4 aliphatic carbocycles. The molecule has 6 heteroatoms. The van der Waals surface area contributed by atoms with Gasteiger partial charge in [-0.25, -0.2) is 0 Å². The van der Waals surface area contributed by atoms with Crippen LogP contribution in [0.1, 0.15) is 112 Å². The molecule has 3 saturated carbocycles. The van der Waals surface area contributed by atoms with Crippen LogP contribution in [0.4, 0.5) is 0 Å². The van der Waals surface area contributed by atoms with Crippen molar-refractivity contribution in [1.29, 1.82) is 0 Å². The second-order valence-electron chi connectivity index (χ2n) is 15.7. The van der Waals surface area contributed by atoms with Crippen LogP contribution in [0, 0.1) is 52.3 Å². The van der Waals surface area contributed by atoms with Gasteiger partial charge >= 0.3 is 0 Å². The Labute approximate surface area is 249 Å². The van der Waals surface area contributed by atoms with E-state index in [-0.39, 0.29) is 11.5 Å². The van der Waals surface area contributed by atoms with E-state index in [0.717, 1.165) is 60.7 Å². The molecular weight excluding hydrogens is 516 g/mol. The lowest BCUT2D eigenvalue weighted by Gasteiger charge is -2.58. The van der Waals surface area contributed by atoms with E-state index < -0.39 is 37.3 Å². The molecule has 1 heterocycles. The molecule has 0 spiro atoms. The van der Waals surface area contributed by atoms with Gasteiger partial charge in [0.25, 0.3) is 0 Å². The van der Waals surface area contributed by atoms with Gasteiger partial charge in [0.05, 0.1) is 12.7 Å². The fraction of sp³-hybridized carbons (Fsp3) is 0.943. The Hall–Kier alpha value is -0.500. The second kappa shape index (κ2) is 12.5. The minimum Gasteiger partial charge on any atom is -0.394 e. The van der Waals surface area contributed by atoms with Crippen LogP contribution in [0.3, 0.4) is 0 Å². The van der Waals surface area contributed by atoms with Gasteiger partial charge < -0.3 is 29.9 Å². The molecule has 4 fully saturated rings. The molecule has 1 saturated heterocycles. The lowest BCUT2D eigenvalue weighted by molar-refractivity contribution is -0.313. The van der Waals surface area contributed by atoms with Gasteiger partial charge in [0, 0.05) is 0 Å². The molecule has 1 aliphatic heterocycles. The van der Waals surface area contributed by atoms with Crippen molar-refractivity contribution in [3.05, 3.63) is 11.6 Å². The summed E-state index contributed by atoms with van der Waals surface area (Å²) in [7, 11) is 0. The first-order valence-corrected chi connectivity index (χ1v) is 17.1. The van der Waals surface area contributed by atoms with E-state index in [0.29, 0.717) is 5.41 Å². The molecule has 0 bridgehead atoms. The van der Waals surface area contributed by atoms with E-state index in [9.17, 15) is 20.4 Å². The maximum Gasteiger partial charge on any atom is 0.186 e. The summed E-state index contributed by atoms with van der Waals surface area (Å²) in [6.45, 7) is 14.5. The summed E-state index contributed by atoms with van der Waals surface area (Å²) >= 11 is 0. The van der Waals surface area contributed by atoms with Crippen LogP contribution in [0.25, 0.3) is 0 Å². The Bertz CT molecular complexity index is 918. The Morgan fingerprint density at radius 3 is 2.39 bits per heavy atom. The van der Waals surface area contributed by atoms with Crippen molar-refractivity contribution in [2.24, 2.45) is 52.3 Å². The van der Waals surface area contributed by atoms with Crippen LogP contribution < -0.4 is 0 Å². The largest absolute Gasteiger partial charge is 0.394 e. The Morgan fingerprint density at radius 1 is 0.951 bits per heavy atom. The zero-order valence-corrected chi connectivity index (χ0v) is 26.7. The maximum absolute atomic E-state index is 10.5. The van der Waals surface area contributed by atoms with Gasteiger partial charge in [-0.3, -0.25) is 0 Å². The molecular formula is C35H60O6. The standard InChI is InChI=1S/C35H60O6/c1-7-22(20(2)3)9-8-21(4)26-12-13-27-25-11-10-23-18-24(14-16-34(23,5)28(25)15-17-35(26,27)6)40-33-32(39)31(38)30(37)29(19-36)41-33/h10,20-22,24-33,36-39H,7-9,11-19H2,1-6H3/t21-,22-,24?,25?,26-,27?,28?,29-,30-,31+,32-,33?,34+,35-/m1/s1. The summed E-state index contributed by atoms with van der Waals surface area (Å²) in [6.07, 6.45) is 9.92. The van der Waals surface area contributed by atoms with Crippen LogP contribution in [0.15, 0.2) is 11.6 Å². The normalized spacial score (nSPS) is 47.7. The van der Waals surface area contributed by atoms with E-state index in [1.54, 1.807) is 0 Å². The molecule has 0 aromatic heterocycles. The highest BCUT2D eigenvalue weighted by Crippen LogP contribution is 2.67. The first-order valence-electron chi connectivity index (χ1n) is 17.1. The number of hydrogen-bond donors (Lipinski definition) is 4. The lowest BCUT2D eigenvalue weighted by atomic mass is 9.47. The van der Waals surface area contributed by atoms with E-state index >= 15 is 0 Å². The van der Waals surface area contributed by atoms with Gasteiger partial charge in [0.2, 0.25) is 0 Å². The van der Waals surface area contributed by atoms with Crippen LogP contribution in [0.2, 0.25) is 0 Å². The van der Waals surface area contributed by atoms with Crippen molar-refractivity contribution in [2.75, 3.05) is 6.61 Å².